The van der Waals surface area contributed by atoms with E-state index in [0.29, 0.717) is 12.8 Å². The van der Waals surface area contributed by atoms with Crippen LogP contribution in [-0.4, -0.2) is 49.2 Å². The first-order valence-electron chi connectivity index (χ1n) is 9.80. The molecule has 0 atom stereocenters. The average molecular weight is 483 g/mol. The standard InChI is InChI=1S/C20H19F2N3O7S/c21-15-7-5-14(11-17(15)25(28)29)23-19(26)12-32-20(27)13-4-6-16(22)18(10-13)33(30,31)24-8-2-1-3-9-24/h4-7,10-11H,1-3,8-9,12H2,(H,23,26). The molecule has 0 aliphatic carbocycles. The van der Waals surface area contributed by atoms with Crippen LogP contribution in [0.1, 0.15) is 29.6 Å². The Morgan fingerprint density at radius 1 is 1.06 bits per heavy atom. The van der Waals surface area contributed by atoms with Crippen molar-refractivity contribution in [2.24, 2.45) is 0 Å². The van der Waals surface area contributed by atoms with E-state index in [-0.39, 0.29) is 24.3 Å². The van der Waals surface area contributed by atoms with E-state index in [1.807, 2.05) is 0 Å². The third-order valence-corrected chi connectivity index (χ3v) is 6.77. The van der Waals surface area contributed by atoms with Gasteiger partial charge in [0.15, 0.2) is 6.61 Å². The number of ether oxygens (including phenoxy) is 1. The second kappa shape index (κ2) is 10.0. The number of nitro groups is 1. The van der Waals surface area contributed by atoms with E-state index in [0.717, 1.165) is 47.1 Å². The quantitative estimate of drug-likeness (QED) is 0.363. The Labute approximate surface area is 187 Å². The van der Waals surface area contributed by atoms with E-state index < -0.39 is 55.6 Å². The van der Waals surface area contributed by atoms with Crippen LogP contribution >= 0.6 is 0 Å². The SMILES string of the molecule is O=C(COC(=O)c1ccc(F)c(S(=O)(=O)N2CCCCC2)c1)Nc1ccc(F)c([N+](=O)[O-])c1. The summed E-state index contributed by atoms with van der Waals surface area (Å²) < 4.78 is 59.1. The number of nitro benzene ring substituents is 1. The molecule has 0 unspecified atom stereocenters. The van der Waals surface area contributed by atoms with Crippen LogP contribution in [0.25, 0.3) is 0 Å². The van der Waals surface area contributed by atoms with Crippen molar-refractivity contribution in [3.8, 4) is 0 Å². The van der Waals surface area contributed by atoms with Gasteiger partial charge in [0, 0.05) is 24.8 Å². The number of anilines is 1. The van der Waals surface area contributed by atoms with Gasteiger partial charge in [-0.15, -0.1) is 0 Å². The molecule has 0 saturated carbocycles. The molecule has 13 heteroatoms. The Kier molecular flexibility index (Phi) is 7.33. The molecule has 0 spiro atoms. The summed E-state index contributed by atoms with van der Waals surface area (Å²) in [5.74, 6) is -4.07. The second-order valence-corrected chi connectivity index (χ2v) is 9.06. The van der Waals surface area contributed by atoms with Gasteiger partial charge in [0.1, 0.15) is 10.7 Å². The van der Waals surface area contributed by atoms with E-state index in [1.54, 1.807) is 0 Å². The molecule has 2 aromatic carbocycles. The summed E-state index contributed by atoms with van der Waals surface area (Å²) in [7, 11) is -4.15. The highest BCUT2D eigenvalue weighted by Gasteiger charge is 2.29. The third-order valence-electron chi connectivity index (χ3n) is 4.86. The number of esters is 1. The normalized spacial score (nSPS) is 14.5. The fourth-order valence-corrected chi connectivity index (χ4v) is 4.82. The number of hydrogen-bond acceptors (Lipinski definition) is 7. The largest absolute Gasteiger partial charge is 0.452 e. The van der Waals surface area contributed by atoms with Crippen LogP contribution in [-0.2, 0) is 19.6 Å². The van der Waals surface area contributed by atoms with Crippen molar-refractivity contribution in [1.29, 1.82) is 0 Å². The molecule has 10 nitrogen and oxygen atoms in total. The lowest BCUT2D eigenvalue weighted by Crippen LogP contribution is -2.36. The topological polar surface area (TPSA) is 136 Å². The lowest BCUT2D eigenvalue weighted by molar-refractivity contribution is -0.387. The lowest BCUT2D eigenvalue weighted by Gasteiger charge is -2.26. The van der Waals surface area contributed by atoms with Crippen LogP contribution in [0.15, 0.2) is 41.3 Å². The minimum Gasteiger partial charge on any atom is -0.452 e. The number of nitrogens with one attached hydrogen (secondary N) is 1. The summed E-state index contributed by atoms with van der Waals surface area (Å²) in [6, 6.07) is 5.37. The summed E-state index contributed by atoms with van der Waals surface area (Å²) in [5.41, 5.74) is -1.23. The highest BCUT2D eigenvalue weighted by atomic mass is 32.2. The van der Waals surface area contributed by atoms with Crippen molar-refractivity contribution < 1.29 is 36.4 Å². The Morgan fingerprint density at radius 2 is 1.73 bits per heavy atom. The molecule has 176 valence electrons. The monoisotopic (exact) mass is 483 g/mol. The molecule has 1 aliphatic heterocycles. The molecular weight excluding hydrogens is 464 g/mol. The molecule has 1 amide bonds. The smallest absolute Gasteiger partial charge is 0.338 e. The number of amides is 1. The van der Waals surface area contributed by atoms with E-state index in [2.05, 4.69) is 5.32 Å². The Balaban J connectivity index is 1.67. The number of piperidine rings is 1. The number of benzene rings is 2. The first-order chi connectivity index (χ1) is 15.6. The summed E-state index contributed by atoms with van der Waals surface area (Å²) in [5, 5.41) is 13.0. The summed E-state index contributed by atoms with van der Waals surface area (Å²) >= 11 is 0. The molecule has 0 aromatic heterocycles. The minimum absolute atomic E-state index is 0.0964. The highest BCUT2D eigenvalue weighted by molar-refractivity contribution is 7.89. The van der Waals surface area contributed by atoms with Gasteiger partial charge >= 0.3 is 11.7 Å². The van der Waals surface area contributed by atoms with Gasteiger partial charge in [-0.25, -0.2) is 17.6 Å². The number of rotatable bonds is 7. The molecule has 1 heterocycles. The Bertz CT molecular complexity index is 1200. The van der Waals surface area contributed by atoms with E-state index in [1.165, 1.54) is 0 Å². The molecule has 1 fully saturated rings. The third kappa shape index (κ3) is 5.68. The van der Waals surface area contributed by atoms with Crippen LogP contribution in [0.3, 0.4) is 0 Å². The van der Waals surface area contributed by atoms with Gasteiger partial charge in [-0.1, -0.05) is 6.42 Å². The van der Waals surface area contributed by atoms with Crippen molar-refractivity contribution in [1.82, 2.24) is 4.31 Å². The van der Waals surface area contributed by atoms with Crippen molar-refractivity contribution in [2.75, 3.05) is 25.0 Å². The minimum atomic E-state index is -4.15. The number of carbonyl (C=O) groups is 2. The maximum Gasteiger partial charge on any atom is 0.338 e. The van der Waals surface area contributed by atoms with Crippen molar-refractivity contribution in [3.05, 3.63) is 63.7 Å². The van der Waals surface area contributed by atoms with Gasteiger partial charge in [0.05, 0.1) is 10.5 Å². The predicted molar refractivity (Wildman–Crippen MR) is 111 cm³/mol. The molecule has 33 heavy (non-hydrogen) atoms. The maximum absolute atomic E-state index is 14.3. The Morgan fingerprint density at radius 3 is 2.39 bits per heavy atom. The average Bonchev–Trinajstić information content (AvgIpc) is 2.79. The molecule has 1 saturated heterocycles. The number of carbonyl (C=O) groups excluding carboxylic acids is 2. The Hall–Kier alpha value is -3.45. The summed E-state index contributed by atoms with van der Waals surface area (Å²) in [6.07, 6.45) is 2.16. The number of halogens is 2. The van der Waals surface area contributed by atoms with Gasteiger partial charge in [-0.05, 0) is 43.2 Å². The van der Waals surface area contributed by atoms with Crippen molar-refractivity contribution in [3.63, 3.8) is 0 Å². The van der Waals surface area contributed by atoms with Crippen molar-refractivity contribution in [2.45, 2.75) is 24.2 Å². The first-order valence-corrected chi connectivity index (χ1v) is 11.2. The number of nitrogens with zero attached hydrogens (tertiary/aromatic N) is 2. The van der Waals surface area contributed by atoms with Gasteiger partial charge in [-0.2, -0.15) is 8.70 Å². The van der Waals surface area contributed by atoms with Crippen LogP contribution in [0.5, 0.6) is 0 Å². The van der Waals surface area contributed by atoms with Crippen LogP contribution in [0.4, 0.5) is 20.2 Å². The molecule has 2 aromatic rings. The summed E-state index contributed by atoms with van der Waals surface area (Å²) in [4.78, 5) is 33.4. The van der Waals surface area contributed by atoms with E-state index in [4.69, 9.17) is 4.74 Å². The molecule has 1 N–H and O–H groups in total. The van der Waals surface area contributed by atoms with Crippen LogP contribution < -0.4 is 5.32 Å². The van der Waals surface area contributed by atoms with Gasteiger partial charge in [0.2, 0.25) is 15.8 Å². The highest BCUT2D eigenvalue weighted by Crippen LogP contribution is 2.24. The zero-order valence-electron chi connectivity index (χ0n) is 17.1. The summed E-state index contributed by atoms with van der Waals surface area (Å²) in [6.45, 7) is -0.327. The zero-order valence-corrected chi connectivity index (χ0v) is 17.9. The van der Waals surface area contributed by atoms with Crippen LogP contribution in [0, 0.1) is 21.7 Å². The fraction of sp³-hybridized carbons (Fsp3) is 0.300. The molecule has 0 bridgehead atoms. The molecule has 0 radical (unpaired) electrons. The first kappa shape index (κ1) is 24.2. The number of sulfonamides is 1. The van der Waals surface area contributed by atoms with Gasteiger partial charge in [-0.3, -0.25) is 14.9 Å². The lowest BCUT2D eigenvalue weighted by atomic mass is 10.2. The fourth-order valence-electron chi connectivity index (χ4n) is 3.21. The van der Waals surface area contributed by atoms with Gasteiger partial charge in [0.25, 0.3) is 5.91 Å². The molecule has 1 aliphatic rings. The zero-order chi connectivity index (χ0) is 24.2. The number of hydrogen-bond donors (Lipinski definition) is 1. The molecular formula is C20H19F2N3O7S. The van der Waals surface area contributed by atoms with Gasteiger partial charge < -0.3 is 10.1 Å². The maximum atomic E-state index is 14.3. The van der Waals surface area contributed by atoms with Crippen LogP contribution in [0.2, 0.25) is 0 Å². The van der Waals surface area contributed by atoms with E-state index in [9.17, 15) is 36.9 Å². The second-order valence-electron chi connectivity index (χ2n) is 7.16. The predicted octanol–water partition coefficient (Wildman–Crippen LogP) is 2.84. The molecule has 3 rings (SSSR count). The van der Waals surface area contributed by atoms with E-state index >= 15 is 0 Å². The van der Waals surface area contributed by atoms with Crippen molar-refractivity contribution >= 4 is 33.3 Å².